The summed E-state index contributed by atoms with van der Waals surface area (Å²) in [5, 5.41) is 12.9. The van der Waals surface area contributed by atoms with Crippen LogP contribution < -0.4 is 10.1 Å². The zero-order valence-electron chi connectivity index (χ0n) is 11.2. The molecule has 106 valence electrons. The normalized spacial score (nSPS) is 10.4. The van der Waals surface area contributed by atoms with Gasteiger partial charge in [0.1, 0.15) is 5.82 Å². The van der Waals surface area contributed by atoms with Crippen LogP contribution >= 0.6 is 15.9 Å². The summed E-state index contributed by atoms with van der Waals surface area (Å²) < 4.78 is 19.1. The van der Waals surface area contributed by atoms with Gasteiger partial charge >= 0.3 is 0 Å². The zero-order valence-corrected chi connectivity index (χ0v) is 12.8. The van der Waals surface area contributed by atoms with Crippen LogP contribution in [0.25, 0.3) is 0 Å². The third kappa shape index (κ3) is 3.22. The molecule has 2 N–H and O–H groups in total. The van der Waals surface area contributed by atoms with E-state index in [0.29, 0.717) is 28.0 Å². The molecule has 3 nitrogen and oxygen atoms in total. The summed E-state index contributed by atoms with van der Waals surface area (Å²) in [5.74, 6) is 0.225. The summed E-state index contributed by atoms with van der Waals surface area (Å²) in [7, 11) is 1.49. The fourth-order valence-corrected chi connectivity index (χ4v) is 2.28. The van der Waals surface area contributed by atoms with Crippen molar-refractivity contribution in [1.29, 1.82) is 0 Å². The standard InChI is InChI=1S/C15H15BrFNO2/c1-9-3-4-11(7-13(9)17)18-8-10-5-12(16)15(19)14(6-10)20-2/h3-7,18-19H,8H2,1-2H3. The number of aromatic hydroxyl groups is 1. The van der Waals surface area contributed by atoms with Crippen molar-refractivity contribution in [3.05, 3.63) is 51.7 Å². The van der Waals surface area contributed by atoms with Gasteiger partial charge in [0, 0.05) is 12.2 Å². The third-order valence-corrected chi connectivity index (χ3v) is 3.58. The first-order valence-corrected chi connectivity index (χ1v) is 6.86. The molecule has 0 aliphatic heterocycles. The molecule has 0 spiro atoms. The summed E-state index contributed by atoms with van der Waals surface area (Å²) in [6.45, 7) is 2.22. The fraction of sp³-hybridized carbons (Fsp3) is 0.200. The lowest BCUT2D eigenvalue weighted by molar-refractivity contribution is 0.371. The van der Waals surface area contributed by atoms with Gasteiger partial charge in [-0.2, -0.15) is 0 Å². The number of nitrogens with one attached hydrogen (secondary N) is 1. The van der Waals surface area contributed by atoms with Gasteiger partial charge in [0.05, 0.1) is 11.6 Å². The smallest absolute Gasteiger partial charge is 0.172 e. The topological polar surface area (TPSA) is 41.5 Å². The predicted molar refractivity (Wildman–Crippen MR) is 80.8 cm³/mol. The van der Waals surface area contributed by atoms with E-state index in [2.05, 4.69) is 21.2 Å². The van der Waals surface area contributed by atoms with Gasteiger partial charge in [0.2, 0.25) is 0 Å². The maximum absolute atomic E-state index is 13.4. The molecule has 5 heteroatoms. The molecule has 0 fully saturated rings. The number of anilines is 1. The van der Waals surface area contributed by atoms with Crippen LogP contribution in [0.15, 0.2) is 34.8 Å². The molecule has 0 heterocycles. The Bertz CT molecular complexity index is 632. The Balaban J connectivity index is 2.14. The van der Waals surface area contributed by atoms with Crippen LogP contribution in [0, 0.1) is 12.7 Å². The Kier molecular flexibility index (Phi) is 4.49. The van der Waals surface area contributed by atoms with Crippen LogP contribution in [0.1, 0.15) is 11.1 Å². The number of hydrogen-bond donors (Lipinski definition) is 2. The highest BCUT2D eigenvalue weighted by Gasteiger charge is 2.08. The molecule has 0 amide bonds. The molecular formula is C15H15BrFNO2. The van der Waals surface area contributed by atoms with E-state index < -0.39 is 0 Å². The lowest BCUT2D eigenvalue weighted by Gasteiger charge is -2.11. The van der Waals surface area contributed by atoms with E-state index in [0.717, 1.165) is 5.56 Å². The van der Waals surface area contributed by atoms with E-state index in [1.165, 1.54) is 13.2 Å². The van der Waals surface area contributed by atoms with E-state index >= 15 is 0 Å². The van der Waals surface area contributed by atoms with Gasteiger partial charge in [-0.25, -0.2) is 4.39 Å². The Morgan fingerprint density at radius 1 is 1.30 bits per heavy atom. The summed E-state index contributed by atoms with van der Waals surface area (Å²) in [5.41, 5.74) is 2.23. The largest absolute Gasteiger partial charge is 0.503 e. The van der Waals surface area contributed by atoms with E-state index in [1.54, 1.807) is 25.1 Å². The number of rotatable bonds is 4. The van der Waals surface area contributed by atoms with Crippen molar-refractivity contribution in [3.63, 3.8) is 0 Å². The molecule has 2 aromatic rings. The molecule has 2 aromatic carbocycles. The molecule has 0 aromatic heterocycles. The second-order valence-corrected chi connectivity index (χ2v) is 5.30. The quantitative estimate of drug-likeness (QED) is 0.876. The minimum Gasteiger partial charge on any atom is -0.503 e. The van der Waals surface area contributed by atoms with Crippen LogP contribution in [-0.4, -0.2) is 12.2 Å². The van der Waals surface area contributed by atoms with Gasteiger partial charge < -0.3 is 15.2 Å². The maximum atomic E-state index is 13.4. The number of phenols is 1. The Hall–Kier alpha value is -1.75. The highest BCUT2D eigenvalue weighted by molar-refractivity contribution is 9.10. The minimum atomic E-state index is -0.237. The van der Waals surface area contributed by atoms with Gasteiger partial charge in [0.15, 0.2) is 11.5 Å². The molecule has 0 unspecified atom stereocenters. The predicted octanol–water partition coefficient (Wildman–Crippen LogP) is 4.22. The molecule has 0 saturated heterocycles. The molecule has 20 heavy (non-hydrogen) atoms. The van der Waals surface area contributed by atoms with Crippen molar-refractivity contribution in [2.24, 2.45) is 0 Å². The molecule has 0 saturated carbocycles. The second-order valence-electron chi connectivity index (χ2n) is 4.45. The monoisotopic (exact) mass is 339 g/mol. The van der Waals surface area contributed by atoms with Gasteiger partial charge in [-0.1, -0.05) is 6.07 Å². The summed E-state index contributed by atoms with van der Waals surface area (Å²) in [6, 6.07) is 8.53. The fourth-order valence-electron chi connectivity index (χ4n) is 1.79. The summed E-state index contributed by atoms with van der Waals surface area (Å²) in [6.07, 6.45) is 0. The van der Waals surface area contributed by atoms with Gasteiger partial charge in [-0.3, -0.25) is 0 Å². The van der Waals surface area contributed by atoms with Crippen LogP contribution in [0.5, 0.6) is 11.5 Å². The van der Waals surface area contributed by atoms with E-state index in [-0.39, 0.29) is 11.6 Å². The van der Waals surface area contributed by atoms with Crippen LogP contribution in [-0.2, 0) is 6.54 Å². The zero-order chi connectivity index (χ0) is 14.7. The molecule has 0 aliphatic rings. The van der Waals surface area contributed by atoms with Gasteiger partial charge in [-0.05, 0) is 58.2 Å². The van der Waals surface area contributed by atoms with Crippen molar-refractivity contribution in [2.75, 3.05) is 12.4 Å². The van der Waals surface area contributed by atoms with E-state index in [9.17, 15) is 9.50 Å². The number of aryl methyl sites for hydroxylation is 1. The van der Waals surface area contributed by atoms with Crippen molar-refractivity contribution in [2.45, 2.75) is 13.5 Å². The average molecular weight is 340 g/mol. The number of halogens is 2. The first-order valence-electron chi connectivity index (χ1n) is 6.06. The van der Waals surface area contributed by atoms with Crippen LogP contribution in [0.4, 0.5) is 10.1 Å². The highest BCUT2D eigenvalue weighted by Crippen LogP contribution is 2.35. The first kappa shape index (κ1) is 14.7. The van der Waals surface area contributed by atoms with Crippen LogP contribution in [0.3, 0.4) is 0 Å². The van der Waals surface area contributed by atoms with Crippen molar-refractivity contribution in [3.8, 4) is 11.5 Å². The van der Waals surface area contributed by atoms with Crippen molar-refractivity contribution < 1.29 is 14.2 Å². The lowest BCUT2D eigenvalue weighted by Crippen LogP contribution is -2.01. The third-order valence-electron chi connectivity index (χ3n) is 2.98. The van der Waals surface area contributed by atoms with E-state index in [4.69, 9.17) is 4.74 Å². The highest BCUT2D eigenvalue weighted by atomic mass is 79.9. The Morgan fingerprint density at radius 2 is 2.05 bits per heavy atom. The lowest BCUT2D eigenvalue weighted by atomic mass is 10.2. The average Bonchev–Trinajstić information content (AvgIpc) is 2.43. The summed E-state index contributed by atoms with van der Waals surface area (Å²) >= 11 is 3.27. The Labute approximate surface area is 125 Å². The summed E-state index contributed by atoms with van der Waals surface area (Å²) in [4.78, 5) is 0. The first-order chi connectivity index (χ1) is 9.51. The molecule has 2 rings (SSSR count). The molecule has 0 bridgehead atoms. The molecule has 0 aliphatic carbocycles. The number of benzene rings is 2. The minimum absolute atomic E-state index is 0.0673. The van der Waals surface area contributed by atoms with Crippen molar-refractivity contribution in [1.82, 2.24) is 0 Å². The number of hydrogen-bond acceptors (Lipinski definition) is 3. The molecule has 0 atom stereocenters. The maximum Gasteiger partial charge on any atom is 0.172 e. The van der Waals surface area contributed by atoms with Gasteiger partial charge in [-0.15, -0.1) is 0 Å². The molecular weight excluding hydrogens is 325 g/mol. The van der Waals surface area contributed by atoms with Crippen LogP contribution in [0.2, 0.25) is 0 Å². The Morgan fingerprint density at radius 3 is 2.70 bits per heavy atom. The van der Waals surface area contributed by atoms with Gasteiger partial charge in [0.25, 0.3) is 0 Å². The second kappa shape index (κ2) is 6.13. The molecule has 0 radical (unpaired) electrons. The number of ether oxygens (including phenoxy) is 1. The van der Waals surface area contributed by atoms with Crippen molar-refractivity contribution >= 4 is 21.6 Å². The number of phenolic OH excluding ortho intramolecular Hbond substituents is 1. The number of methoxy groups -OCH3 is 1. The van der Waals surface area contributed by atoms with E-state index in [1.807, 2.05) is 6.07 Å². The SMILES string of the molecule is COc1cc(CNc2ccc(C)c(F)c2)cc(Br)c1O.